The van der Waals surface area contributed by atoms with Gasteiger partial charge in [0, 0.05) is 13.0 Å². The predicted octanol–water partition coefficient (Wildman–Crippen LogP) is 1.23. The fourth-order valence-corrected chi connectivity index (χ4v) is 1.44. The summed E-state index contributed by atoms with van der Waals surface area (Å²) in [5.74, 6) is -2.98. The molecule has 102 valence electrons. The number of carbonyl (C=O) groups is 3. The molecule has 0 aliphatic carbocycles. The van der Waals surface area contributed by atoms with Gasteiger partial charge in [0.05, 0.1) is 11.1 Å². The van der Waals surface area contributed by atoms with Crippen molar-refractivity contribution in [2.24, 2.45) is 0 Å². The third kappa shape index (κ3) is 4.51. The maximum atomic E-state index is 11.7. The lowest BCUT2D eigenvalue weighted by Gasteiger charge is -2.05. The van der Waals surface area contributed by atoms with Gasteiger partial charge in [0.1, 0.15) is 0 Å². The number of benzene rings is 1. The van der Waals surface area contributed by atoms with Gasteiger partial charge in [-0.05, 0) is 25.0 Å². The predicted molar refractivity (Wildman–Crippen MR) is 64.8 cm³/mol. The van der Waals surface area contributed by atoms with Crippen LogP contribution in [-0.4, -0.2) is 34.7 Å². The fourth-order valence-electron chi connectivity index (χ4n) is 1.44. The highest BCUT2D eigenvalue weighted by Gasteiger charge is 2.19. The van der Waals surface area contributed by atoms with Crippen LogP contribution in [0.2, 0.25) is 0 Å². The zero-order valence-electron chi connectivity index (χ0n) is 10.2. The van der Waals surface area contributed by atoms with Gasteiger partial charge in [0.2, 0.25) is 0 Å². The second-order valence-electron chi connectivity index (χ2n) is 3.79. The molecule has 0 bridgehead atoms. The molecule has 0 atom stereocenters. The van der Waals surface area contributed by atoms with Crippen molar-refractivity contribution in [1.82, 2.24) is 0 Å². The largest absolute Gasteiger partial charge is 0.478 e. The van der Waals surface area contributed by atoms with E-state index in [0.29, 0.717) is 12.8 Å². The molecule has 6 heteroatoms. The first kappa shape index (κ1) is 14.8. The van der Waals surface area contributed by atoms with E-state index in [1.807, 2.05) is 0 Å². The molecule has 0 saturated carbocycles. The Balaban J connectivity index is 2.68. The SMILES string of the molecule is O=C(CCCCO)OC(=O)c1ccccc1C(=O)O. The number of aliphatic hydroxyl groups is 1. The Kier molecular flexibility index (Phi) is 5.69. The lowest BCUT2D eigenvalue weighted by atomic mass is 10.1. The number of carboxylic acid groups (broad SMARTS) is 1. The zero-order valence-corrected chi connectivity index (χ0v) is 10.2. The van der Waals surface area contributed by atoms with Crippen LogP contribution in [0.15, 0.2) is 24.3 Å². The van der Waals surface area contributed by atoms with Crippen LogP contribution in [0.25, 0.3) is 0 Å². The summed E-state index contributed by atoms with van der Waals surface area (Å²) >= 11 is 0. The first-order chi connectivity index (χ1) is 9.06. The highest BCUT2D eigenvalue weighted by Crippen LogP contribution is 2.11. The van der Waals surface area contributed by atoms with Gasteiger partial charge in [-0.2, -0.15) is 0 Å². The number of esters is 2. The maximum absolute atomic E-state index is 11.7. The Morgan fingerprint density at radius 3 is 2.26 bits per heavy atom. The number of ether oxygens (including phenoxy) is 1. The Labute approximate surface area is 109 Å². The average molecular weight is 266 g/mol. The molecule has 0 spiro atoms. The lowest BCUT2D eigenvalue weighted by Crippen LogP contribution is -2.15. The molecule has 0 heterocycles. The number of rotatable bonds is 6. The zero-order chi connectivity index (χ0) is 14.3. The van der Waals surface area contributed by atoms with Crippen molar-refractivity contribution >= 4 is 17.9 Å². The van der Waals surface area contributed by atoms with E-state index in [1.165, 1.54) is 24.3 Å². The number of hydrogen-bond donors (Lipinski definition) is 2. The number of carboxylic acids is 1. The van der Waals surface area contributed by atoms with E-state index in [0.717, 1.165) is 0 Å². The Morgan fingerprint density at radius 1 is 1.05 bits per heavy atom. The van der Waals surface area contributed by atoms with Crippen molar-refractivity contribution in [3.8, 4) is 0 Å². The quantitative estimate of drug-likeness (QED) is 0.456. The van der Waals surface area contributed by atoms with Crippen LogP contribution in [0, 0.1) is 0 Å². The lowest BCUT2D eigenvalue weighted by molar-refractivity contribution is -0.138. The van der Waals surface area contributed by atoms with E-state index in [1.54, 1.807) is 0 Å². The van der Waals surface area contributed by atoms with E-state index in [-0.39, 0.29) is 24.2 Å². The molecule has 0 fully saturated rings. The van der Waals surface area contributed by atoms with E-state index in [2.05, 4.69) is 4.74 Å². The number of hydrogen-bond acceptors (Lipinski definition) is 5. The van der Waals surface area contributed by atoms with Crippen LogP contribution in [0.3, 0.4) is 0 Å². The van der Waals surface area contributed by atoms with Crippen molar-refractivity contribution in [3.63, 3.8) is 0 Å². The molecule has 6 nitrogen and oxygen atoms in total. The average Bonchev–Trinajstić information content (AvgIpc) is 2.39. The van der Waals surface area contributed by atoms with E-state index in [9.17, 15) is 14.4 Å². The fraction of sp³-hybridized carbons (Fsp3) is 0.308. The summed E-state index contributed by atoms with van der Waals surface area (Å²) in [5.41, 5.74) is -0.374. The second kappa shape index (κ2) is 7.27. The minimum absolute atomic E-state index is 0.00153. The van der Waals surface area contributed by atoms with Gasteiger partial charge in [-0.1, -0.05) is 12.1 Å². The molecule has 0 radical (unpaired) electrons. The third-order valence-corrected chi connectivity index (χ3v) is 2.37. The monoisotopic (exact) mass is 266 g/mol. The van der Waals surface area contributed by atoms with Gasteiger partial charge in [0.15, 0.2) is 0 Å². The Hall–Kier alpha value is -2.21. The highest BCUT2D eigenvalue weighted by molar-refractivity contribution is 6.05. The molecule has 2 N–H and O–H groups in total. The van der Waals surface area contributed by atoms with Crippen molar-refractivity contribution < 1.29 is 29.3 Å². The summed E-state index contributed by atoms with van der Waals surface area (Å²) in [6.07, 6.45) is 0.847. The number of aromatic carboxylic acids is 1. The van der Waals surface area contributed by atoms with E-state index in [4.69, 9.17) is 10.2 Å². The highest BCUT2D eigenvalue weighted by atomic mass is 16.6. The van der Waals surface area contributed by atoms with Crippen molar-refractivity contribution in [2.75, 3.05) is 6.61 Å². The Morgan fingerprint density at radius 2 is 1.68 bits per heavy atom. The molecular formula is C13H14O6. The number of unbranched alkanes of at least 4 members (excludes halogenated alkanes) is 1. The van der Waals surface area contributed by atoms with Crippen molar-refractivity contribution in [2.45, 2.75) is 19.3 Å². The van der Waals surface area contributed by atoms with Gasteiger partial charge in [0.25, 0.3) is 0 Å². The van der Waals surface area contributed by atoms with Crippen LogP contribution in [0.1, 0.15) is 40.0 Å². The maximum Gasteiger partial charge on any atom is 0.346 e. The normalized spacial score (nSPS) is 9.95. The van der Waals surface area contributed by atoms with Gasteiger partial charge in [-0.25, -0.2) is 9.59 Å². The standard InChI is InChI=1S/C13H14O6/c14-8-4-3-7-11(15)19-13(18)10-6-2-1-5-9(10)12(16)17/h1-2,5-6,14H,3-4,7-8H2,(H,16,17). The van der Waals surface area contributed by atoms with Crippen LogP contribution in [0.4, 0.5) is 0 Å². The first-order valence-corrected chi connectivity index (χ1v) is 5.74. The van der Waals surface area contributed by atoms with Gasteiger partial charge >= 0.3 is 17.9 Å². The van der Waals surface area contributed by atoms with Crippen molar-refractivity contribution in [3.05, 3.63) is 35.4 Å². The molecular weight excluding hydrogens is 252 g/mol. The summed E-state index contributed by atoms with van der Waals surface area (Å²) in [6, 6.07) is 5.50. The molecule has 0 saturated heterocycles. The number of carbonyl (C=O) groups excluding carboxylic acids is 2. The smallest absolute Gasteiger partial charge is 0.346 e. The van der Waals surface area contributed by atoms with Crippen LogP contribution < -0.4 is 0 Å². The van der Waals surface area contributed by atoms with Crippen molar-refractivity contribution in [1.29, 1.82) is 0 Å². The minimum atomic E-state index is -1.26. The molecule has 0 aliphatic rings. The molecule has 0 unspecified atom stereocenters. The molecule has 1 aromatic carbocycles. The topological polar surface area (TPSA) is 101 Å². The van der Waals surface area contributed by atoms with E-state index < -0.39 is 17.9 Å². The molecule has 0 aromatic heterocycles. The molecule has 0 aliphatic heterocycles. The summed E-state index contributed by atoms with van der Waals surface area (Å²) < 4.78 is 4.55. The molecule has 19 heavy (non-hydrogen) atoms. The van der Waals surface area contributed by atoms with Gasteiger partial charge in [-0.3, -0.25) is 4.79 Å². The second-order valence-corrected chi connectivity index (χ2v) is 3.79. The molecule has 1 aromatic rings. The molecule has 1 rings (SSSR count). The van der Waals surface area contributed by atoms with Gasteiger partial charge < -0.3 is 14.9 Å². The summed E-state index contributed by atoms with van der Waals surface area (Å²) in [6.45, 7) is -0.0386. The first-order valence-electron chi connectivity index (χ1n) is 5.74. The summed E-state index contributed by atoms with van der Waals surface area (Å²) in [4.78, 5) is 33.9. The molecule has 0 amide bonds. The summed E-state index contributed by atoms with van der Waals surface area (Å²) in [7, 11) is 0. The van der Waals surface area contributed by atoms with Crippen LogP contribution in [0.5, 0.6) is 0 Å². The minimum Gasteiger partial charge on any atom is -0.478 e. The van der Waals surface area contributed by atoms with Crippen LogP contribution >= 0.6 is 0 Å². The van der Waals surface area contributed by atoms with Gasteiger partial charge in [-0.15, -0.1) is 0 Å². The third-order valence-electron chi connectivity index (χ3n) is 2.37. The van der Waals surface area contributed by atoms with Crippen LogP contribution in [-0.2, 0) is 9.53 Å². The Bertz CT molecular complexity index is 480. The number of aliphatic hydroxyl groups excluding tert-OH is 1. The van der Waals surface area contributed by atoms with E-state index >= 15 is 0 Å². The summed E-state index contributed by atoms with van der Waals surface area (Å²) in [5, 5.41) is 17.5.